The Labute approximate surface area is 166 Å². The predicted octanol–water partition coefficient (Wildman–Crippen LogP) is 4.38. The summed E-state index contributed by atoms with van der Waals surface area (Å²) in [5.74, 6) is -0.530. The molecule has 2 aromatic heterocycles. The van der Waals surface area contributed by atoms with Gasteiger partial charge < -0.3 is 4.74 Å². The zero-order chi connectivity index (χ0) is 19.3. The summed E-state index contributed by atoms with van der Waals surface area (Å²) < 4.78 is 33.0. The molecule has 5 nitrogen and oxygen atoms in total. The van der Waals surface area contributed by atoms with Crippen LogP contribution in [0.5, 0.6) is 0 Å². The quantitative estimate of drug-likeness (QED) is 0.507. The summed E-state index contributed by atoms with van der Waals surface area (Å²) in [6, 6.07) is 13.6. The molecule has 2 heterocycles. The lowest BCUT2D eigenvalue weighted by atomic mass is 10.2. The summed E-state index contributed by atoms with van der Waals surface area (Å²) in [6.45, 7) is 2.50. The van der Waals surface area contributed by atoms with Crippen molar-refractivity contribution >= 4 is 38.7 Å². The normalized spacial score (nSPS) is 11.6. The molecule has 0 unspecified atom stereocenters. The maximum absolute atomic E-state index is 13.3. The van der Waals surface area contributed by atoms with Gasteiger partial charge in [0.15, 0.2) is 0 Å². The first-order valence-corrected chi connectivity index (χ1v) is 11.5. The third kappa shape index (κ3) is 4.84. The predicted molar refractivity (Wildman–Crippen MR) is 107 cm³/mol. The molecule has 3 aromatic rings. The van der Waals surface area contributed by atoms with Gasteiger partial charge in [0.1, 0.15) is 0 Å². The van der Waals surface area contributed by atoms with Gasteiger partial charge in [-0.05, 0) is 48.0 Å². The lowest BCUT2D eigenvalue weighted by Gasteiger charge is -2.21. The summed E-state index contributed by atoms with van der Waals surface area (Å²) in [5, 5.41) is 3.85. The molecule has 142 valence electrons. The van der Waals surface area contributed by atoms with E-state index < -0.39 is 16.0 Å². The molecule has 0 bridgehead atoms. The number of carbonyl (C=O) groups excluding carboxylic acids is 1. The van der Waals surface area contributed by atoms with Crippen LogP contribution in [0.1, 0.15) is 27.0 Å². The van der Waals surface area contributed by atoms with Crippen LogP contribution in [0.3, 0.4) is 0 Å². The monoisotopic (exact) mass is 421 g/mol. The third-order valence-electron chi connectivity index (χ3n) is 3.81. The number of esters is 1. The van der Waals surface area contributed by atoms with Crippen molar-refractivity contribution < 1.29 is 17.9 Å². The van der Waals surface area contributed by atoms with Gasteiger partial charge in [-0.1, -0.05) is 18.2 Å². The van der Waals surface area contributed by atoms with Crippen LogP contribution in [0, 0.1) is 0 Å². The Hall–Kier alpha value is -2.00. The highest BCUT2D eigenvalue weighted by atomic mass is 32.2. The van der Waals surface area contributed by atoms with Gasteiger partial charge in [-0.25, -0.2) is 13.2 Å². The summed E-state index contributed by atoms with van der Waals surface area (Å²) in [4.78, 5) is 14.0. The standard InChI is InChI=1S/C19H19NO4S3/c1-2-24-19(21)15-6-3-9-18(12-15)27(22,23)20(13-16-7-4-10-25-16)14-17-8-5-11-26-17/h3-12H,2,13-14H2,1H3. The summed E-state index contributed by atoms with van der Waals surface area (Å²) in [6.07, 6.45) is 0. The fourth-order valence-corrected chi connectivity index (χ4v) is 5.57. The second-order valence-electron chi connectivity index (χ2n) is 5.68. The smallest absolute Gasteiger partial charge is 0.338 e. The SMILES string of the molecule is CCOC(=O)c1cccc(S(=O)(=O)N(Cc2cccs2)Cc2cccs2)c1. The number of hydrogen-bond donors (Lipinski definition) is 0. The van der Waals surface area contributed by atoms with Gasteiger partial charge >= 0.3 is 5.97 Å². The van der Waals surface area contributed by atoms with Crippen molar-refractivity contribution in [3.05, 3.63) is 74.6 Å². The molecule has 8 heteroatoms. The number of carbonyl (C=O) groups is 1. The van der Waals surface area contributed by atoms with Gasteiger partial charge in [0.05, 0.1) is 17.1 Å². The van der Waals surface area contributed by atoms with E-state index in [0.717, 1.165) is 9.75 Å². The van der Waals surface area contributed by atoms with Gasteiger partial charge in [0, 0.05) is 22.8 Å². The van der Waals surface area contributed by atoms with E-state index in [1.807, 2.05) is 35.0 Å². The second-order valence-corrected chi connectivity index (χ2v) is 9.68. The maximum atomic E-state index is 13.3. The Morgan fingerprint density at radius 1 is 1.00 bits per heavy atom. The summed E-state index contributed by atoms with van der Waals surface area (Å²) in [7, 11) is -3.79. The molecular formula is C19H19NO4S3. The molecule has 0 aliphatic carbocycles. The molecule has 1 aromatic carbocycles. The Bertz CT molecular complexity index is 944. The average Bonchev–Trinajstić information content (AvgIpc) is 3.35. The Morgan fingerprint density at radius 3 is 2.15 bits per heavy atom. The largest absolute Gasteiger partial charge is 0.462 e. The highest BCUT2D eigenvalue weighted by Crippen LogP contribution is 2.25. The molecule has 0 radical (unpaired) electrons. The van der Waals surface area contributed by atoms with Crippen molar-refractivity contribution in [3.8, 4) is 0 Å². The number of ether oxygens (including phenoxy) is 1. The highest BCUT2D eigenvalue weighted by molar-refractivity contribution is 7.89. The molecule has 0 atom stereocenters. The number of nitrogens with zero attached hydrogens (tertiary/aromatic N) is 1. The van der Waals surface area contributed by atoms with Gasteiger partial charge in [-0.2, -0.15) is 4.31 Å². The fourth-order valence-electron chi connectivity index (χ4n) is 2.53. The van der Waals surface area contributed by atoms with Crippen LogP contribution in [-0.2, 0) is 27.8 Å². The Morgan fingerprint density at radius 2 is 1.63 bits per heavy atom. The molecule has 0 saturated heterocycles. The fraction of sp³-hybridized carbons (Fsp3) is 0.211. The molecule has 0 N–H and O–H groups in total. The average molecular weight is 422 g/mol. The van der Waals surface area contributed by atoms with Crippen molar-refractivity contribution in [1.29, 1.82) is 0 Å². The van der Waals surface area contributed by atoms with Crippen LogP contribution in [-0.4, -0.2) is 25.3 Å². The van der Waals surface area contributed by atoms with Crippen LogP contribution in [0.2, 0.25) is 0 Å². The molecule has 0 fully saturated rings. The van der Waals surface area contributed by atoms with Crippen molar-refractivity contribution in [2.24, 2.45) is 0 Å². The second kappa shape index (κ2) is 8.79. The zero-order valence-electron chi connectivity index (χ0n) is 14.7. The topological polar surface area (TPSA) is 63.7 Å². The Balaban J connectivity index is 1.94. The number of benzene rings is 1. The van der Waals surface area contributed by atoms with E-state index >= 15 is 0 Å². The van der Waals surface area contributed by atoms with E-state index in [-0.39, 0.29) is 30.2 Å². The van der Waals surface area contributed by atoms with Crippen molar-refractivity contribution in [1.82, 2.24) is 4.31 Å². The molecule has 0 spiro atoms. The summed E-state index contributed by atoms with van der Waals surface area (Å²) >= 11 is 3.03. The van der Waals surface area contributed by atoms with Crippen LogP contribution in [0.15, 0.2) is 64.2 Å². The minimum absolute atomic E-state index is 0.0844. The van der Waals surface area contributed by atoms with Crippen LogP contribution >= 0.6 is 22.7 Å². The van der Waals surface area contributed by atoms with E-state index in [4.69, 9.17) is 4.74 Å². The maximum Gasteiger partial charge on any atom is 0.338 e. The zero-order valence-corrected chi connectivity index (χ0v) is 17.1. The van der Waals surface area contributed by atoms with E-state index in [2.05, 4.69) is 0 Å². The number of hydrogen-bond acceptors (Lipinski definition) is 6. The van der Waals surface area contributed by atoms with Gasteiger partial charge in [0.25, 0.3) is 0 Å². The number of sulfonamides is 1. The minimum atomic E-state index is -3.79. The Kier molecular flexibility index (Phi) is 6.43. The number of rotatable bonds is 8. The minimum Gasteiger partial charge on any atom is -0.462 e. The van der Waals surface area contributed by atoms with Crippen LogP contribution < -0.4 is 0 Å². The molecule has 0 saturated carbocycles. The van der Waals surface area contributed by atoms with Crippen molar-refractivity contribution in [2.75, 3.05) is 6.61 Å². The lowest BCUT2D eigenvalue weighted by molar-refractivity contribution is 0.0526. The van der Waals surface area contributed by atoms with E-state index in [1.54, 1.807) is 19.1 Å². The molecular weight excluding hydrogens is 402 g/mol. The highest BCUT2D eigenvalue weighted by Gasteiger charge is 2.26. The lowest BCUT2D eigenvalue weighted by Crippen LogP contribution is -2.30. The van der Waals surface area contributed by atoms with Crippen molar-refractivity contribution in [2.45, 2.75) is 24.9 Å². The van der Waals surface area contributed by atoms with Crippen LogP contribution in [0.25, 0.3) is 0 Å². The molecule has 0 aliphatic heterocycles. The first kappa shape index (κ1) is 19.8. The molecule has 3 rings (SSSR count). The first-order chi connectivity index (χ1) is 13.0. The van der Waals surface area contributed by atoms with E-state index in [1.165, 1.54) is 39.1 Å². The molecule has 0 aliphatic rings. The first-order valence-electron chi connectivity index (χ1n) is 8.33. The third-order valence-corrected chi connectivity index (χ3v) is 7.32. The molecule has 27 heavy (non-hydrogen) atoms. The van der Waals surface area contributed by atoms with Gasteiger partial charge in [0.2, 0.25) is 10.0 Å². The van der Waals surface area contributed by atoms with Gasteiger partial charge in [-0.3, -0.25) is 0 Å². The van der Waals surface area contributed by atoms with E-state index in [0.29, 0.717) is 0 Å². The van der Waals surface area contributed by atoms with Gasteiger partial charge in [-0.15, -0.1) is 22.7 Å². The number of thiophene rings is 2. The van der Waals surface area contributed by atoms with E-state index in [9.17, 15) is 13.2 Å². The van der Waals surface area contributed by atoms with Crippen molar-refractivity contribution in [3.63, 3.8) is 0 Å². The van der Waals surface area contributed by atoms with Crippen LogP contribution in [0.4, 0.5) is 0 Å². The summed E-state index contributed by atoms with van der Waals surface area (Å²) in [5.41, 5.74) is 0.227. The molecule has 0 amide bonds.